The molecule has 0 radical (unpaired) electrons. The Morgan fingerprint density at radius 3 is 3.08 bits per heavy atom. The van der Waals surface area contributed by atoms with E-state index < -0.39 is 0 Å². The molecule has 0 spiro atoms. The topological polar surface area (TPSA) is 73.2 Å². The average molecular weight is 179 g/mol. The van der Waals surface area contributed by atoms with Gasteiger partial charge in [-0.15, -0.1) is 0 Å². The predicted octanol–water partition coefficient (Wildman–Crippen LogP) is 0.375. The summed E-state index contributed by atoms with van der Waals surface area (Å²) in [7, 11) is 1.75. The molecule has 0 fully saturated rings. The van der Waals surface area contributed by atoms with Crippen LogP contribution in [0, 0.1) is 0 Å². The van der Waals surface area contributed by atoms with Gasteiger partial charge in [0, 0.05) is 12.4 Å². The molecule has 1 amide bonds. The van der Waals surface area contributed by atoms with Crippen molar-refractivity contribution in [2.24, 2.45) is 12.9 Å². The van der Waals surface area contributed by atoms with E-state index in [0.717, 1.165) is 5.39 Å². The van der Waals surface area contributed by atoms with E-state index in [1.807, 2.05) is 0 Å². The number of fused-ring (bicyclic) bond motifs is 1. The molecule has 13 heavy (non-hydrogen) atoms. The predicted molar refractivity (Wildman–Crippen MR) is 46.8 cm³/mol. The van der Waals surface area contributed by atoms with Gasteiger partial charge in [0.15, 0.2) is 0 Å². The maximum atomic E-state index is 11.2. The fourth-order valence-corrected chi connectivity index (χ4v) is 1.34. The third-order valence-electron chi connectivity index (χ3n) is 2.00. The normalized spacial score (nSPS) is 10.6. The molecule has 0 aromatic carbocycles. The molecule has 0 saturated carbocycles. The molecule has 5 nitrogen and oxygen atoms in total. The molecule has 2 aromatic heterocycles. The van der Waals surface area contributed by atoms with Crippen LogP contribution in [0.4, 0.5) is 0 Å². The van der Waals surface area contributed by atoms with E-state index >= 15 is 0 Å². The van der Waals surface area contributed by atoms with Crippen LogP contribution in [0.2, 0.25) is 0 Å². The van der Waals surface area contributed by atoms with Crippen molar-refractivity contribution in [3.63, 3.8) is 0 Å². The molecule has 0 atom stereocenters. The minimum absolute atomic E-state index is 0.325. The number of amides is 1. The molecule has 3 N–H and O–H groups in total. The Bertz CT molecular complexity index is 455. The van der Waals surface area contributed by atoms with Crippen LogP contribution in [0.3, 0.4) is 0 Å². The van der Waals surface area contributed by atoms with Crippen molar-refractivity contribution in [1.82, 2.24) is 9.99 Å². The highest BCUT2D eigenvalue weighted by atomic mass is 16.3. The van der Waals surface area contributed by atoms with E-state index in [4.69, 9.17) is 10.3 Å². The van der Waals surface area contributed by atoms with E-state index in [1.54, 1.807) is 30.0 Å². The summed E-state index contributed by atoms with van der Waals surface area (Å²) in [6, 6.07) is 3.52. The summed E-state index contributed by atoms with van der Waals surface area (Å²) in [5, 5.41) is 0.890. The quantitative estimate of drug-likeness (QED) is 0.377. The number of carbonyl (C=O) groups excluding carboxylic acids is 1. The van der Waals surface area contributed by atoms with Crippen molar-refractivity contribution in [2.75, 3.05) is 0 Å². The third-order valence-corrected chi connectivity index (χ3v) is 2.00. The molecule has 0 aliphatic carbocycles. The van der Waals surface area contributed by atoms with Crippen molar-refractivity contribution in [3.8, 4) is 0 Å². The maximum absolute atomic E-state index is 11.2. The second-order valence-electron chi connectivity index (χ2n) is 2.74. The van der Waals surface area contributed by atoms with Gasteiger partial charge in [-0.25, -0.2) is 5.84 Å². The molecule has 0 bridgehead atoms. The zero-order valence-corrected chi connectivity index (χ0v) is 7.07. The van der Waals surface area contributed by atoms with E-state index in [9.17, 15) is 4.79 Å². The summed E-state index contributed by atoms with van der Waals surface area (Å²) in [5.74, 6) is 4.69. The molecule has 2 heterocycles. The van der Waals surface area contributed by atoms with Gasteiger partial charge in [0.2, 0.25) is 5.71 Å². The van der Waals surface area contributed by atoms with Crippen molar-refractivity contribution < 1.29 is 9.21 Å². The van der Waals surface area contributed by atoms with Gasteiger partial charge in [-0.1, -0.05) is 0 Å². The number of hydrogen-bond donors (Lipinski definition) is 2. The largest absolute Gasteiger partial charge is 0.448 e. The Balaban J connectivity index is 2.64. The maximum Gasteiger partial charge on any atom is 0.281 e. The second kappa shape index (κ2) is 2.63. The number of rotatable bonds is 1. The number of nitrogens with one attached hydrogen (secondary N) is 1. The monoisotopic (exact) mass is 179 g/mol. The fraction of sp³-hybridized carbons (Fsp3) is 0.125. The number of hydrogen-bond acceptors (Lipinski definition) is 3. The van der Waals surface area contributed by atoms with Gasteiger partial charge in [-0.2, -0.15) is 0 Å². The van der Waals surface area contributed by atoms with Crippen LogP contribution < -0.4 is 11.3 Å². The van der Waals surface area contributed by atoms with Crippen LogP contribution in [-0.2, 0) is 7.05 Å². The SMILES string of the molecule is Cn1c(C(=O)NN)cc2ccoc21. The first kappa shape index (κ1) is 7.88. The molecular formula is C8H9N3O2. The fourth-order valence-electron chi connectivity index (χ4n) is 1.34. The van der Waals surface area contributed by atoms with Gasteiger partial charge in [0.25, 0.3) is 5.91 Å². The number of nitrogens with two attached hydrogens (primary N) is 1. The van der Waals surface area contributed by atoms with E-state index in [0.29, 0.717) is 11.4 Å². The summed E-state index contributed by atoms with van der Waals surface area (Å²) in [6.07, 6.45) is 1.58. The first-order valence-electron chi connectivity index (χ1n) is 3.78. The zero-order valence-electron chi connectivity index (χ0n) is 7.07. The lowest BCUT2D eigenvalue weighted by Crippen LogP contribution is -2.31. The standard InChI is InChI=1S/C8H9N3O2/c1-11-6(7(12)10-9)4-5-2-3-13-8(5)11/h2-4H,9H2,1H3,(H,10,12). The van der Waals surface area contributed by atoms with Gasteiger partial charge in [0.05, 0.1) is 6.26 Å². The highest BCUT2D eigenvalue weighted by molar-refractivity contribution is 5.97. The van der Waals surface area contributed by atoms with Crippen LogP contribution in [0.25, 0.3) is 11.1 Å². The van der Waals surface area contributed by atoms with Crippen LogP contribution in [-0.4, -0.2) is 10.5 Å². The average Bonchev–Trinajstić information content (AvgIpc) is 2.68. The molecule has 68 valence electrons. The Labute approximate surface area is 74.1 Å². The van der Waals surface area contributed by atoms with Crippen LogP contribution in [0.15, 0.2) is 22.8 Å². The molecule has 2 rings (SSSR count). The highest BCUT2D eigenvalue weighted by Crippen LogP contribution is 2.19. The number of carbonyl (C=O) groups is 1. The Hall–Kier alpha value is -1.75. The molecule has 0 saturated heterocycles. The molecular weight excluding hydrogens is 170 g/mol. The molecule has 0 aliphatic rings. The van der Waals surface area contributed by atoms with Gasteiger partial charge >= 0.3 is 0 Å². The lowest BCUT2D eigenvalue weighted by molar-refractivity contribution is 0.0945. The van der Waals surface area contributed by atoms with E-state index in [2.05, 4.69) is 5.43 Å². The Morgan fingerprint density at radius 1 is 1.69 bits per heavy atom. The van der Waals surface area contributed by atoms with Gasteiger partial charge in [-0.05, 0) is 12.1 Å². The minimum atomic E-state index is -0.325. The van der Waals surface area contributed by atoms with Crippen molar-refractivity contribution in [1.29, 1.82) is 0 Å². The first-order chi connectivity index (χ1) is 6.24. The van der Waals surface area contributed by atoms with Crippen LogP contribution >= 0.6 is 0 Å². The highest BCUT2D eigenvalue weighted by Gasteiger charge is 2.13. The van der Waals surface area contributed by atoms with Gasteiger partial charge < -0.3 is 8.98 Å². The summed E-state index contributed by atoms with van der Waals surface area (Å²) < 4.78 is 6.82. The second-order valence-corrected chi connectivity index (χ2v) is 2.74. The molecule has 0 aliphatic heterocycles. The van der Waals surface area contributed by atoms with E-state index in [-0.39, 0.29) is 5.91 Å². The van der Waals surface area contributed by atoms with Crippen molar-refractivity contribution in [3.05, 3.63) is 24.1 Å². The van der Waals surface area contributed by atoms with Crippen molar-refractivity contribution in [2.45, 2.75) is 0 Å². The number of hydrazine groups is 1. The van der Waals surface area contributed by atoms with Gasteiger partial charge in [-0.3, -0.25) is 10.2 Å². The summed E-state index contributed by atoms with van der Waals surface area (Å²) in [4.78, 5) is 11.2. The number of aromatic nitrogens is 1. The Kier molecular flexibility index (Phi) is 1.60. The molecule has 2 aromatic rings. The van der Waals surface area contributed by atoms with Crippen molar-refractivity contribution >= 4 is 17.0 Å². The summed E-state index contributed by atoms with van der Waals surface area (Å²) in [5.41, 5.74) is 3.22. The minimum Gasteiger partial charge on any atom is -0.448 e. The summed E-state index contributed by atoms with van der Waals surface area (Å²) >= 11 is 0. The molecule has 5 heteroatoms. The lowest BCUT2D eigenvalue weighted by atomic mass is 10.3. The third kappa shape index (κ3) is 1.01. The van der Waals surface area contributed by atoms with Gasteiger partial charge in [0.1, 0.15) is 5.69 Å². The number of nitrogens with zero attached hydrogens (tertiary/aromatic N) is 1. The molecule has 0 unspecified atom stereocenters. The first-order valence-corrected chi connectivity index (χ1v) is 3.78. The zero-order chi connectivity index (χ0) is 9.42. The number of aryl methyl sites for hydroxylation is 1. The number of nitrogen functional groups attached to an aromatic ring is 1. The number of furan rings is 1. The van der Waals surface area contributed by atoms with E-state index in [1.165, 1.54) is 0 Å². The summed E-state index contributed by atoms with van der Waals surface area (Å²) in [6.45, 7) is 0. The van der Waals surface area contributed by atoms with Crippen LogP contribution in [0.1, 0.15) is 10.5 Å². The van der Waals surface area contributed by atoms with Crippen LogP contribution in [0.5, 0.6) is 0 Å². The lowest BCUT2D eigenvalue weighted by Gasteiger charge is -1.99. The smallest absolute Gasteiger partial charge is 0.281 e. The Morgan fingerprint density at radius 2 is 2.46 bits per heavy atom.